The Morgan fingerprint density at radius 2 is 1.76 bits per heavy atom. The Kier molecular flexibility index (Phi) is 5.23. The summed E-state index contributed by atoms with van der Waals surface area (Å²) in [5.41, 5.74) is 2.99. The quantitative estimate of drug-likeness (QED) is 0.211. The molecule has 9 heteroatoms. The van der Waals surface area contributed by atoms with Crippen molar-refractivity contribution >= 4 is 44.3 Å². The fraction of sp³-hybridized carbons (Fsp3) is 0. The number of amides is 1. The van der Waals surface area contributed by atoms with Gasteiger partial charge in [0.15, 0.2) is 11.3 Å². The lowest BCUT2D eigenvalue weighted by Gasteiger charge is -2.02. The van der Waals surface area contributed by atoms with Crippen molar-refractivity contribution in [2.24, 2.45) is 0 Å². The topological polar surface area (TPSA) is 111 Å². The third-order valence-electron chi connectivity index (χ3n) is 4.89. The lowest BCUT2D eigenvalue weighted by molar-refractivity contribution is -0.384. The molecule has 0 spiro atoms. The van der Waals surface area contributed by atoms with Gasteiger partial charge in [0.1, 0.15) is 11.3 Å². The highest BCUT2D eigenvalue weighted by atomic mass is 79.9. The molecule has 0 saturated carbocycles. The van der Waals surface area contributed by atoms with Gasteiger partial charge in [0.25, 0.3) is 11.6 Å². The Labute approximate surface area is 195 Å². The van der Waals surface area contributed by atoms with Crippen molar-refractivity contribution in [1.82, 2.24) is 4.98 Å². The summed E-state index contributed by atoms with van der Waals surface area (Å²) < 4.78 is 12.4. The van der Waals surface area contributed by atoms with Gasteiger partial charge in [-0.2, -0.15) is 0 Å². The third kappa shape index (κ3) is 4.26. The molecule has 0 saturated heterocycles. The lowest BCUT2D eigenvalue weighted by Crippen LogP contribution is -2.10. The Bertz CT molecular complexity index is 1520. The van der Waals surface area contributed by atoms with Gasteiger partial charge in [-0.3, -0.25) is 14.9 Å². The number of nitro groups is 1. The molecule has 1 N–H and O–H groups in total. The second kappa shape index (κ2) is 8.36. The number of fused-ring (bicyclic) bond motifs is 1. The van der Waals surface area contributed by atoms with Crippen LogP contribution in [0.25, 0.3) is 33.9 Å². The van der Waals surface area contributed by atoms with Crippen LogP contribution in [0.1, 0.15) is 10.6 Å². The van der Waals surface area contributed by atoms with Gasteiger partial charge < -0.3 is 14.2 Å². The molecule has 0 bridgehead atoms. The second-order valence-corrected chi connectivity index (χ2v) is 8.05. The van der Waals surface area contributed by atoms with Crippen molar-refractivity contribution in [2.45, 2.75) is 0 Å². The maximum Gasteiger partial charge on any atom is 0.291 e. The molecule has 0 atom stereocenters. The van der Waals surface area contributed by atoms with Crippen LogP contribution < -0.4 is 5.32 Å². The fourth-order valence-electron chi connectivity index (χ4n) is 3.33. The molecule has 5 rings (SSSR count). The summed E-state index contributed by atoms with van der Waals surface area (Å²) in [7, 11) is 0. The van der Waals surface area contributed by atoms with E-state index in [2.05, 4.69) is 26.2 Å². The molecule has 1 amide bonds. The average molecular weight is 504 g/mol. The Hall–Kier alpha value is -4.24. The SMILES string of the molecule is O=C(Nc1ccc2oc(-c3cccc(Br)c3)nc2c1)c1ccc(-c2cccc([N+](=O)[O-])c2)o1. The van der Waals surface area contributed by atoms with Gasteiger partial charge in [-0.05, 0) is 48.5 Å². The number of carbonyl (C=O) groups is 1. The van der Waals surface area contributed by atoms with E-state index >= 15 is 0 Å². The standard InChI is InChI=1S/C24H14BrN3O5/c25-16-5-1-4-15(11-16)24-27-19-13-17(7-8-21(19)33-24)26-23(29)22-10-9-20(32-22)14-3-2-6-18(12-14)28(30)31/h1-13H,(H,26,29). The Morgan fingerprint density at radius 3 is 2.58 bits per heavy atom. The number of benzene rings is 3. The van der Waals surface area contributed by atoms with E-state index in [0.717, 1.165) is 10.0 Å². The monoisotopic (exact) mass is 503 g/mol. The van der Waals surface area contributed by atoms with Crippen LogP contribution in [0.15, 0.2) is 92.2 Å². The van der Waals surface area contributed by atoms with E-state index in [1.807, 2.05) is 24.3 Å². The van der Waals surface area contributed by atoms with Gasteiger partial charge in [-0.1, -0.05) is 34.1 Å². The predicted molar refractivity (Wildman–Crippen MR) is 126 cm³/mol. The summed E-state index contributed by atoms with van der Waals surface area (Å²) >= 11 is 3.43. The number of carbonyl (C=O) groups excluding carboxylic acids is 1. The van der Waals surface area contributed by atoms with Crippen molar-refractivity contribution in [3.05, 3.63) is 99.2 Å². The van der Waals surface area contributed by atoms with Crippen LogP contribution in [0.2, 0.25) is 0 Å². The molecule has 8 nitrogen and oxygen atoms in total. The molecule has 0 aliphatic heterocycles. The molecule has 0 radical (unpaired) electrons. The normalized spacial score (nSPS) is 10.9. The molecule has 33 heavy (non-hydrogen) atoms. The van der Waals surface area contributed by atoms with Crippen LogP contribution >= 0.6 is 15.9 Å². The summed E-state index contributed by atoms with van der Waals surface area (Å²) in [5, 5.41) is 13.8. The van der Waals surface area contributed by atoms with Crippen LogP contribution in [0.4, 0.5) is 11.4 Å². The Balaban J connectivity index is 1.36. The number of furan rings is 1. The van der Waals surface area contributed by atoms with Crippen LogP contribution in [0.5, 0.6) is 0 Å². The summed E-state index contributed by atoms with van der Waals surface area (Å²) in [6, 6.07) is 21.9. The number of hydrogen-bond donors (Lipinski definition) is 1. The smallest absolute Gasteiger partial charge is 0.291 e. The van der Waals surface area contributed by atoms with Gasteiger partial charge in [-0.15, -0.1) is 0 Å². The molecule has 5 aromatic rings. The highest BCUT2D eigenvalue weighted by molar-refractivity contribution is 9.10. The molecule has 0 aliphatic rings. The number of aromatic nitrogens is 1. The molecule has 2 aromatic heterocycles. The van der Waals surface area contributed by atoms with E-state index in [4.69, 9.17) is 8.83 Å². The van der Waals surface area contributed by atoms with Crippen LogP contribution in [0, 0.1) is 10.1 Å². The minimum absolute atomic E-state index is 0.0574. The number of non-ortho nitro benzene ring substituents is 1. The number of rotatable bonds is 5. The molecular weight excluding hydrogens is 490 g/mol. The van der Waals surface area contributed by atoms with E-state index in [1.165, 1.54) is 18.2 Å². The summed E-state index contributed by atoms with van der Waals surface area (Å²) in [5.74, 6) is 0.449. The summed E-state index contributed by atoms with van der Waals surface area (Å²) in [6.07, 6.45) is 0. The molecular formula is C24H14BrN3O5. The van der Waals surface area contributed by atoms with Crippen molar-refractivity contribution in [3.8, 4) is 22.8 Å². The molecule has 162 valence electrons. The van der Waals surface area contributed by atoms with Crippen molar-refractivity contribution in [3.63, 3.8) is 0 Å². The zero-order valence-corrected chi connectivity index (χ0v) is 18.4. The average Bonchev–Trinajstić information content (AvgIpc) is 3.46. The molecule has 3 aromatic carbocycles. The zero-order chi connectivity index (χ0) is 22.9. The molecule has 0 fully saturated rings. The second-order valence-electron chi connectivity index (χ2n) is 7.14. The number of nitrogens with zero attached hydrogens (tertiary/aromatic N) is 2. The van der Waals surface area contributed by atoms with E-state index in [1.54, 1.807) is 36.4 Å². The van der Waals surface area contributed by atoms with Crippen LogP contribution in [0.3, 0.4) is 0 Å². The van der Waals surface area contributed by atoms with Crippen molar-refractivity contribution in [2.75, 3.05) is 5.32 Å². The first kappa shape index (κ1) is 20.7. The summed E-state index contributed by atoms with van der Waals surface area (Å²) in [4.78, 5) is 27.7. The predicted octanol–water partition coefficient (Wildman–Crippen LogP) is 6.68. The maximum absolute atomic E-state index is 12.7. The van der Waals surface area contributed by atoms with Crippen LogP contribution in [-0.4, -0.2) is 15.8 Å². The fourth-order valence-corrected chi connectivity index (χ4v) is 3.73. The minimum Gasteiger partial charge on any atom is -0.451 e. The first-order valence-corrected chi connectivity index (χ1v) is 10.6. The van der Waals surface area contributed by atoms with Gasteiger partial charge >= 0.3 is 0 Å². The number of hydrogen-bond acceptors (Lipinski definition) is 6. The highest BCUT2D eigenvalue weighted by Gasteiger charge is 2.16. The van der Waals surface area contributed by atoms with E-state index in [-0.39, 0.29) is 11.4 Å². The zero-order valence-electron chi connectivity index (χ0n) is 16.8. The van der Waals surface area contributed by atoms with Crippen LogP contribution in [-0.2, 0) is 0 Å². The van der Waals surface area contributed by atoms with Gasteiger partial charge in [-0.25, -0.2) is 4.98 Å². The van der Waals surface area contributed by atoms with E-state index in [9.17, 15) is 14.9 Å². The molecule has 0 unspecified atom stereocenters. The Morgan fingerprint density at radius 1 is 0.939 bits per heavy atom. The lowest BCUT2D eigenvalue weighted by atomic mass is 10.1. The van der Waals surface area contributed by atoms with Crippen molar-refractivity contribution in [1.29, 1.82) is 0 Å². The number of oxazole rings is 1. The first-order chi connectivity index (χ1) is 16.0. The maximum atomic E-state index is 12.7. The number of halogens is 1. The number of anilines is 1. The van der Waals surface area contributed by atoms with Crippen molar-refractivity contribution < 1.29 is 18.6 Å². The highest BCUT2D eigenvalue weighted by Crippen LogP contribution is 2.29. The number of nitro benzene ring substituents is 1. The largest absolute Gasteiger partial charge is 0.451 e. The van der Waals surface area contributed by atoms with Gasteiger partial charge in [0.05, 0.1) is 4.92 Å². The molecule has 0 aliphatic carbocycles. The van der Waals surface area contributed by atoms with Gasteiger partial charge in [0, 0.05) is 33.4 Å². The van der Waals surface area contributed by atoms with E-state index < -0.39 is 10.8 Å². The van der Waals surface area contributed by atoms with Gasteiger partial charge in [0.2, 0.25) is 5.89 Å². The molecule has 2 heterocycles. The number of nitrogens with one attached hydrogen (secondary N) is 1. The van der Waals surface area contributed by atoms with E-state index in [0.29, 0.717) is 34.0 Å². The third-order valence-corrected chi connectivity index (χ3v) is 5.38. The first-order valence-electron chi connectivity index (χ1n) is 9.79. The summed E-state index contributed by atoms with van der Waals surface area (Å²) in [6.45, 7) is 0. The minimum atomic E-state index is -0.484.